The second-order valence-corrected chi connectivity index (χ2v) is 7.56. The highest BCUT2D eigenvalue weighted by Crippen LogP contribution is 2.27. The molecule has 3 aromatic carbocycles. The Balaban J connectivity index is 1.69. The minimum atomic E-state index is -0.362. The fraction of sp³-hybridized carbons (Fsp3) is 0.125. The molecule has 4 rings (SSSR count). The molecule has 0 aliphatic carbocycles. The summed E-state index contributed by atoms with van der Waals surface area (Å²) in [6, 6.07) is 15.6. The van der Waals surface area contributed by atoms with E-state index in [-0.39, 0.29) is 28.6 Å². The van der Waals surface area contributed by atoms with Crippen molar-refractivity contribution >= 4 is 29.0 Å². The Morgan fingerprint density at radius 3 is 2.52 bits per heavy atom. The maximum absolute atomic E-state index is 13.3. The summed E-state index contributed by atoms with van der Waals surface area (Å²) in [4.78, 5) is 28.9. The smallest absolute Gasteiger partial charge is 0.266 e. The fourth-order valence-corrected chi connectivity index (χ4v) is 3.73. The van der Waals surface area contributed by atoms with Crippen molar-refractivity contribution in [2.45, 2.75) is 6.54 Å². The molecule has 2 N–H and O–H groups in total. The molecule has 0 spiro atoms. The van der Waals surface area contributed by atoms with Crippen LogP contribution in [0.5, 0.6) is 11.5 Å². The first-order valence-corrected chi connectivity index (χ1v) is 10.4. The van der Waals surface area contributed by atoms with Crippen LogP contribution in [0.4, 0.5) is 4.39 Å². The number of hydrogen-bond acceptors (Lipinski definition) is 5. The van der Waals surface area contributed by atoms with E-state index in [1.807, 2.05) is 0 Å². The zero-order valence-corrected chi connectivity index (χ0v) is 18.7. The van der Waals surface area contributed by atoms with E-state index >= 15 is 0 Å². The number of methoxy groups -OCH3 is 2. The van der Waals surface area contributed by atoms with E-state index in [0.29, 0.717) is 33.7 Å². The van der Waals surface area contributed by atoms with E-state index in [9.17, 15) is 14.0 Å². The van der Waals surface area contributed by atoms with Gasteiger partial charge in [-0.2, -0.15) is 0 Å². The Kier molecular flexibility index (Phi) is 6.23. The number of fused-ring (bicyclic) bond motifs is 1. The molecule has 0 fully saturated rings. The third-order valence-corrected chi connectivity index (χ3v) is 5.44. The molecule has 9 heteroatoms. The predicted molar refractivity (Wildman–Crippen MR) is 125 cm³/mol. The number of ether oxygens (including phenoxy) is 2. The highest BCUT2D eigenvalue weighted by Gasteiger charge is 2.15. The lowest BCUT2D eigenvalue weighted by molar-refractivity contribution is 0.0951. The van der Waals surface area contributed by atoms with Crippen molar-refractivity contribution in [3.8, 4) is 17.2 Å². The van der Waals surface area contributed by atoms with Crippen molar-refractivity contribution in [3.05, 3.63) is 92.7 Å². The predicted octanol–water partition coefficient (Wildman–Crippen LogP) is 4.13. The van der Waals surface area contributed by atoms with Crippen LogP contribution in [-0.2, 0) is 6.54 Å². The average molecular weight is 466 g/mol. The Labute approximate surface area is 193 Å². The average Bonchev–Trinajstić information content (AvgIpc) is 2.83. The zero-order valence-electron chi connectivity index (χ0n) is 17.8. The number of halogens is 1. The van der Waals surface area contributed by atoms with Crippen molar-refractivity contribution in [1.82, 2.24) is 14.9 Å². The molecule has 168 valence electrons. The van der Waals surface area contributed by atoms with Gasteiger partial charge in [0.25, 0.3) is 11.5 Å². The third kappa shape index (κ3) is 4.49. The van der Waals surface area contributed by atoms with E-state index in [4.69, 9.17) is 21.7 Å². The molecule has 0 radical (unpaired) electrons. The number of benzene rings is 3. The molecular formula is C24H20FN3O4S. The molecule has 0 atom stereocenters. The van der Waals surface area contributed by atoms with Crippen molar-refractivity contribution in [3.63, 3.8) is 0 Å². The SMILES string of the molecule is COc1ccc(OC)c(-n2c(=S)[nH]c3cc(C(=O)NCc4ccc(F)cc4)ccc3c2=O)c1. The number of nitrogens with one attached hydrogen (secondary N) is 2. The van der Waals surface area contributed by atoms with Gasteiger partial charge >= 0.3 is 0 Å². The first-order valence-electron chi connectivity index (χ1n) is 9.95. The molecule has 0 saturated heterocycles. The minimum Gasteiger partial charge on any atom is -0.497 e. The summed E-state index contributed by atoms with van der Waals surface area (Å²) in [5.41, 5.74) is 1.62. The molecular weight excluding hydrogens is 445 g/mol. The van der Waals surface area contributed by atoms with Gasteiger partial charge in [-0.3, -0.25) is 9.59 Å². The number of carbonyl (C=O) groups is 1. The lowest BCUT2D eigenvalue weighted by Gasteiger charge is -2.14. The normalized spacial score (nSPS) is 10.8. The van der Waals surface area contributed by atoms with Gasteiger partial charge in [0.2, 0.25) is 0 Å². The molecule has 0 aliphatic heterocycles. The molecule has 0 unspecified atom stereocenters. The van der Waals surface area contributed by atoms with Crippen molar-refractivity contribution in [2.75, 3.05) is 14.2 Å². The lowest BCUT2D eigenvalue weighted by atomic mass is 10.1. The molecule has 7 nitrogen and oxygen atoms in total. The number of nitrogens with zero attached hydrogens (tertiary/aromatic N) is 1. The highest BCUT2D eigenvalue weighted by molar-refractivity contribution is 7.71. The molecule has 0 bridgehead atoms. The summed E-state index contributed by atoms with van der Waals surface area (Å²) in [5.74, 6) is 0.320. The summed E-state index contributed by atoms with van der Waals surface area (Å²) in [5, 5.41) is 3.13. The van der Waals surface area contributed by atoms with Crippen LogP contribution in [0.3, 0.4) is 0 Å². The molecule has 0 saturated carbocycles. The fourth-order valence-electron chi connectivity index (χ4n) is 3.44. The van der Waals surface area contributed by atoms with Crippen LogP contribution >= 0.6 is 12.2 Å². The van der Waals surface area contributed by atoms with Gasteiger partial charge in [0.15, 0.2) is 4.77 Å². The Morgan fingerprint density at radius 2 is 1.82 bits per heavy atom. The quantitative estimate of drug-likeness (QED) is 0.418. The van der Waals surface area contributed by atoms with Crippen LogP contribution < -0.4 is 20.3 Å². The Hall–Kier alpha value is -3.98. The van der Waals surface area contributed by atoms with E-state index in [0.717, 1.165) is 5.56 Å². The largest absolute Gasteiger partial charge is 0.497 e. The lowest BCUT2D eigenvalue weighted by Crippen LogP contribution is -2.24. The van der Waals surface area contributed by atoms with Crippen LogP contribution in [0.1, 0.15) is 15.9 Å². The Bertz CT molecular complexity index is 1460. The maximum atomic E-state index is 13.3. The van der Waals surface area contributed by atoms with Gasteiger partial charge in [-0.25, -0.2) is 8.96 Å². The van der Waals surface area contributed by atoms with Crippen LogP contribution in [-0.4, -0.2) is 29.7 Å². The summed E-state index contributed by atoms with van der Waals surface area (Å²) in [7, 11) is 3.03. The molecule has 0 aliphatic rings. The van der Waals surface area contributed by atoms with Gasteiger partial charge in [0, 0.05) is 18.2 Å². The number of carbonyl (C=O) groups excluding carboxylic acids is 1. The number of rotatable bonds is 6. The van der Waals surface area contributed by atoms with Crippen LogP contribution in [0.25, 0.3) is 16.6 Å². The standard InChI is InChI=1S/C24H20FN3O4S/c1-31-17-8-10-21(32-2)20(12-17)28-23(30)18-9-5-15(11-19(18)27-24(28)33)22(29)26-13-14-3-6-16(25)7-4-14/h3-12H,13H2,1-2H3,(H,26,29)(H,27,33). The van der Waals surface area contributed by atoms with E-state index < -0.39 is 0 Å². The third-order valence-electron chi connectivity index (χ3n) is 5.15. The minimum absolute atomic E-state index is 0.142. The van der Waals surface area contributed by atoms with Gasteiger partial charge in [-0.1, -0.05) is 12.1 Å². The van der Waals surface area contributed by atoms with Gasteiger partial charge in [-0.05, 0) is 60.2 Å². The monoisotopic (exact) mass is 465 g/mol. The van der Waals surface area contributed by atoms with E-state index in [1.165, 1.54) is 30.9 Å². The number of amides is 1. The highest BCUT2D eigenvalue weighted by atomic mass is 32.1. The second kappa shape index (κ2) is 9.25. The maximum Gasteiger partial charge on any atom is 0.266 e. The zero-order chi connectivity index (χ0) is 23.5. The molecule has 1 aromatic heterocycles. The molecule has 4 aromatic rings. The van der Waals surface area contributed by atoms with Crippen molar-refractivity contribution < 1.29 is 18.7 Å². The second-order valence-electron chi connectivity index (χ2n) is 7.18. The number of aromatic amines is 1. The van der Waals surface area contributed by atoms with Gasteiger partial charge in [0.05, 0.1) is 30.8 Å². The number of hydrogen-bond donors (Lipinski definition) is 2. The van der Waals surface area contributed by atoms with E-state index in [1.54, 1.807) is 48.5 Å². The van der Waals surface area contributed by atoms with E-state index in [2.05, 4.69) is 10.3 Å². The Morgan fingerprint density at radius 1 is 1.06 bits per heavy atom. The van der Waals surface area contributed by atoms with Crippen LogP contribution in [0, 0.1) is 10.6 Å². The van der Waals surface area contributed by atoms with Gasteiger partial charge in [-0.15, -0.1) is 0 Å². The summed E-state index contributed by atoms with van der Waals surface area (Å²) >= 11 is 5.45. The summed E-state index contributed by atoms with van der Waals surface area (Å²) in [6.45, 7) is 0.240. The molecule has 1 amide bonds. The molecule has 33 heavy (non-hydrogen) atoms. The molecule has 1 heterocycles. The summed E-state index contributed by atoms with van der Waals surface area (Å²) < 4.78 is 25.2. The van der Waals surface area contributed by atoms with Crippen LogP contribution in [0.2, 0.25) is 0 Å². The topological polar surface area (TPSA) is 85.3 Å². The van der Waals surface area contributed by atoms with Crippen LogP contribution in [0.15, 0.2) is 65.5 Å². The number of aromatic nitrogens is 2. The van der Waals surface area contributed by atoms with Gasteiger partial charge < -0.3 is 19.8 Å². The van der Waals surface area contributed by atoms with Crippen molar-refractivity contribution in [1.29, 1.82) is 0 Å². The first-order chi connectivity index (χ1) is 15.9. The number of H-pyrrole nitrogens is 1. The first kappa shape index (κ1) is 22.2. The van der Waals surface area contributed by atoms with Crippen molar-refractivity contribution in [2.24, 2.45) is 0 Å². The summed E-state index contributed by atoms with van der Waals surface area (Å²) in [6.07, 6.45) is 0. The van der Waals surface area contributed by atoms with Gasteiger partial charge in [0.1, 0.15) is 17.3 Å².